The molecule has 0 aliphatic carbocycles. The second-order valence-corrected chi connectivity index (χ2v) is 11.8. The molecular weight excluding hydrogens is 426 g/mol. The van der Waals surface area contributed by atoms with E-state index in [0.29, 0.717) is 5.75 Å². The first-order chi connectivity index (χ1) is 15.2. The van der Waals surface area contributed by atoms with Crippen molar-refractivity contribution in [1.29, 1.82) is 0 Å². The van der Waals surface area contributed by atoms with E-state index in [-0.39, 0.29) is 6.61 Å². The Morgan fingerprint density at radius 1 is 0.645 bits per heavy atom. The molecule has 0 unspecified atom stereocenters. The number of hydrogen-bond acceptors (Lipinski definition) is 1. The predicted octanol–water partition coefficient (Wildman–Crippen LogP) is 5.91. The maximum absolute atomic E-state index is 12.5. The van der Waals surface area contributed by atoms with Gasteiger partial charge in [0.15, 0.2) is 0 Å². The summed E-state index contributed by atoms with van der Waals surface area (Å²) in [5.41, 5.74) is 1.25. The molecular formula is C27H25ClFOP. The molecule has 0 fully saturated rings. The van der Waals surface area contributed by atoms with Crippen molar-refractivity contribution >= 4 is 34.8 Å². The first-order valence-electron chi connectivity index (χ1n) is 10.4. The topological polar surface area (TPSA) is 9.23 Å². The van der Waals surface area contributed by atoms with Crippen LogP contribution in [0.1, 0.15) is 5.56 Å². The Morgan fingerprint density at radius 3 is 1.68 bits per heavy atom. The van der Waals surface area contributed by atoms with E-state index in [1.54, 1.807) is 0 Å². The third-order valence-electron chi connectivity index (χ3n) is 5.61. The minimum absolute atomic E-state index is 0.0735. The quantitative estimate of drug-likeness (QED) is 0.303. The molecule has 0 radical (unpaired) electrons. The van der Waals surface area contributed by atoms with Crippen LogP contribution in [0.5, 0.6) is 5.75 Å². The Hall–Kier alpha value is -2.67. The zero-order chi connectivity index (χ0) is 21.5. The number of ether oxygens (including phenoxy) is 1. The fraction of sp³-hybridized carbons (Fsp3) is 0.111. The standard InChI is InChI=1S/C27H25ClFOP/c28-23-13-11-22(12-14-23)21-31(25-7-3-1-4-8-25,26-9-5-2-6-10-26)27-17-15-24(16-18-27)30-20-19-29/h1-18,31H,19-21H2. The second kappa shape index (κ2) is 10.1. The molecule has 0 bridgehead atoms. The molecule has 0 heterocycles. The molecule has 1 nitrogen and oxygen atoms in total. The van der Waals surface area contributed by atoms with Crippen LogP contribution >= 0.6 is 18.9 Å². The molecule has 0 saturated heterocycles. The molecule has 4 heteroatoms. The van der Waals surface area contributed by atoms with Gasteiger partial charge in [-0.1, -0.05) is 0 Å². The first-order valence-corrected chi connectivity index (χ1v) is 13.0. The average molecular weight is 451 g/mol. The number of rotatable bonds is 8. The van der Waals surface area contributed by atoms with Gasteiger partial charge in [0.1, 0.15) is 0 Å². The van der Waals surface area contributed by atoms with Gasteiger partial charge < -0.3 is 0 Å². The summed E-state index contributed by atoms with van der Waals surface area (Å²) in [7, 11) is -2.41. The van der Waals surface area contributed by atoms with Gasteiger partial charge in [0.2, 0.25) is 0 Å². The third kappa shape index (κ3) is 4.82. The second-order valence-electron chi connectivity index (χ2n) is 7.50. The van der Waals surface area contributed by atoms with Crippen molar-refractivity contribution in [2.75, 3.05) is 13.3 Å². The summed E-state index contributed by atoms with van der Waals surface area (Å²) in [4.78, 5) is 0. The van der Waals surface area contributed by atoms with Crippen LogP contribution in [0.15, 0.2) is 109 Å². The normalized spacial score (nSPS) is 11.8. The van der Waals surface area contributed by atoms with Gasteiger partial charge in [0.05, 0.1) is 0 Å². The zero-order valence-electron chi connectivity index (χ0n) is 17.2. The van der Waals surface area contributed by atoms with E-state index in [1.807, 2.05) is 24.3 Å². The van der Waals surface area contributed by atoms with Gasteiger partial charge in [-0.15, -0.1) is 0 Å². The molecule has 0 atom stereocenters. The molecule has 0 aliphatic rings. The molecule has 158 valence electrons. The van der Waals surface area contributed by atoms with Crippen molar-refractivity contribution in [3.05, 3.63) is 120 Å². The van der Waals surface area contributed by atoms with E-state index in [2.05, 4.69) is 84.9 Å². The molecule has 0 saturated carbocycles. The van der Waals surface area contributed by atoms with E-state index >= 15 is 0 Å². The number of alkyl halides is 1. The minimum atomic E-state index is -2.41. The van der Waals surface area contributed by atoms with Crippen molar-refractivity contribution in [2.45, 2.75) is 6.16 Å². The van der Waals surface area contributed by atoms with Crippen molar-refractivity contribution in [3.8, 4) is 5.75 Å². The Balaban J connectivity index is 1.90. The van der Waals surface area contributed by atoms with E-state index in [4.69, 9.17) is 16.3 Å². The number of hydrogen-bond donors (Lipinski definition) is 0. The van der Waals surface area contributed by atoms with Crippen LogP contribution in [0.2, 0.25) is 5.02 Å². The molecule has 31 heavy (non-hydrogen) atoms. The summed E-state index contributed by atoms with van der Waals surface area (Å²) < 4.78 is 18.0. The molecule has 0 aromatic heterocycles. The van der Waals surface area contributed by atoms with Crippen LogP contribution in [-0.4, -0.2) is 13.3 Å². The van der Waals surface area contributed by atoms with Crippen LogP contribution in [-0.2, 0) is 6.16 Å². The van der Waals surface area contributed by atoms with Gasteiger partial charge in [-0.05, 0) is 0 Å². The Labute approximate surface area is 188 Å². The molecule has 0 spiro atoms. The molecule has 4 aromatic carbocycles. The van der Waals surface area contributed by atoms with Crippen LogP contribution in [0.25, 0.3) is 0 Å². The molecule has 0 amide bonds. The fourth-order valence-corrected chi connectivity index (χ4v) is 9.00. The van der Waals surface area contributed by atoms with Crippen molar-refractivity contribution < 1.29 is 9.13 Å². The number of halogens is 2. The van der Waals surface area contributed by atoms with E-state index in [9.17, 15) is 4.39 Å². The van der Waals surface area contributed by atoms with Crippen molar-refractivity contribution in [2.24, 2.45) is 0 Å². The van der Waals surface area contributed by atoms with E-state index in [1.165, 1.54) is 21.5 Å². The van der Waals surface area contributed by atoms with E-state index in [0.717, 1.165) is 11.2 Å². The van der Waals surface area contributed by atoms with Crippen LogP contribution in [0, 0.1) is 0 Å². The van der Waals surface area contributed by atoms with Crippen LogP contribution in [0.3, 0.4) is 0 Å². The third-order valence-corrected chi connectivity index (χ3v) is 10.8. The summed E-state index contributed by atoms with van der Waals surface area (Å²) in [6, 6.07) is 37.9. The fourth-order valence-electron chi connectivity index (χ4n) is 4.15. The van der Waals surface area contributed by atoms with Gasteiger partial charge in [-0.2, -0.15) is 0 Å². The Morgan fingerprint density at radius 2 is 1.16 bits per heavy atom. The van der Waals surface area contributed by atoms with Crippen LogP contribution in [0.4, 0.5) is 4.39 Å². The molecule has 0 aliphatic heterocycles. The summed E-state index contributed by atoms with van der Waals surface area (Å²) in [6.45, 7) is -0.422. The Kier molecular flexibility index (Phi) is 7.02. The maximum atomic E-state index is 12.5. The van der Waals surface area contributed by atoms with Crippen molar-refractivity contribution in [1.82, 2.24) is 0 Å². The van der Waals surface area contributed by atoms with Crippen LogP contribution < -0.4 is 20.7 Å². The van der Waals surface area contributed by atoms with Gasteiger partial charge in [0, 0.05) is 0 Å². The first kappa shape index (κ1) is 21.6. The number of benzene rings is 4. The molecule has 4 rings (SSSR count). The summed E-state index contributed by atoms with van der Waals surface area (Å²) in [5, 5.41) is 4.71. The molecule has 4 aromatic rings. The monoisotopic (exact) mass is 450 g/mol. The van der Waals surface area contributed by atoms with Gasteiger partial charge >= 0.3 is 189 Å². The summed E-state index contributed by atoms with van der Waals surface area (Å²) in [5.74, 6) is 0.692. The average Bonchev–Trinajstić information content (AvgIpc) is 2.84. The molecule has 0 N–H and O–H groups in total. The van der Waals surface area contributed by atoms with E-state index < -0.39 is 13.9 Å². The van der Waals surface area contributed by atoms with Crippen molar-refractivity contribution in [3.63, 3.8) is 0 Å². The summed E-state index contributed by atoms with van der Waals surface area (Å²) in [6.07, 6.45) is 0.906. The van der Waals surface area contributed by atoms with Gasteiger partial charge in [-0.25, -0.2) is 0 Å². The summed E-state index contributed by atoms with van der Waals surface area (Å²) >= 11 is 6.16. The predicted molar refractivity (Wildman–Crippen MR) is 133 cm³/mol. The van der Waals surface area contributed by atoms with Gasteiger partial charge in [0.25, 0.3) is 0 Å². The SMILES string of the molecule is FCCOc1ccc([PH](Cc2ccc(Cl)cc2)(c2ccccc2)c2ccccc2)cc1. The van der Waals surface area contributed by atoms with Gasteiger partial charge in [-0.3, -0.25) is 0 Å². The Bertz CT molecular complexity index is 1040. The zero-order valence-corrected chi connectivity index (χ0v) is 18.9.